The Kier molecular flexibility index (Phi) is 6.49. The van der Waals surface area contributed by atoms with Gasteiger partial charge in [-0.25, -0.2) is 9.07 Å². The molecule has 29 heavy (non-hydrogen) atoms. The molecule has 0 radical (unpaired) electrons. The van der Waals surface area contributed by atoms with Gasteiger partial charge in [0.2, 0.25) is 0 Å². The lowest BCUT2D eigenvalue weighted by Crippen LogP contribution is -2.07. The van der Waals surface area contributed by atoms with Gasteiger partial charge in [0.05, 0.1) is 32.7 Å². The van der Waals surface area contributed by atoms with Crippen molar-refractivity contribution in [1.29, 1.82) is 0 Å². The highest BCUT2D eigenvalue weighted by Gasteiger charge is 2.18. The fourth-order valence-corrected chi connectivity index (χ4v) is 3.15. The van der Waals surface area contributed by atoms with Crippen molar-refractivity contribution in [1.82, 2.24) is 9.78 Å². The highest BCUT2D eigenvalue weighted by Crippen LogP contribution is 2.37. The van der Waals surface area contributed by atoms with E-state index < -0.39 is 0 Å². The van der Waals surface area contributed by atoms with Gasteiger partial charge in [0.1, 0.15) is 23.0 Å². The van der Waals surface area contributed by atoms with E-state index in [2.05, 4.69) is 5.10 Å². The summed E-state index contributed by atoms with van der Waals surface area (Å²) in [6.07, 6.45) is 2.26. The molecule has 1 aromatic heterocycles. The van der Waals surface area contributed by atoms with Gasteiger partial charge in [-0.15, -0.1) is 0 Å². The van der Waals surface area contributed by atoms with E-state index in [4.69, 9.17) is 14.2 Å². The van der Waals surface area contributed by atoms with Crippen LogP contribution in [0.5, 0.6) is 11.5 Å². The van der Waals surface area contributed by atoms with Crippen LogP contribution in [0.4, 0.5) is 4.39 Å². The Hall–Kier alpha value is -3.35. The lowest BCUT2D eigenvalue weighted by molar-refractivity contribution is -0.143. The Bertz CT molecular complexity index is 1000. The van der Waals surface area contributed by atoms with Crippen molar-refractivity contribution in [2.75, 3.05) is 20.8 Å². The second kappa shape index (κ2) is 9.23. The van der Waals surface area contributed by atoms with Crippen molar-refractivity contribution in [3.8, 4) is 28.4 Å². The molecule has 3 aromatic rings. The Morgan fingerprint density at radius 1 is 1.10 bits per heavy atom. The molecule has 7 heteroatoms. The van der Waals surface area contributed by atoms with Crippen LogP contribution in [0.2, 0.25) is 0 Å². The summed E-state index contributed by atoms with van der Waals surface area (Å²) < 4.78 is 31.9. The summed E-state index contributed by atoms with van der Waals surface area (Å²) in [6, 6.07) is 11.8. The van der Waals surface area contributed by atoms with E-state index in [0.717, 1.165) is 5.56 Å². The lowest BCUT2D eigenvalue weighted by Gasteiger charge is -2.16. The van der Waals surface area contributed by atoms with Crippen molar-refractivity contribution in [2.24, 2.45) is 0 Å². The molecule has 0 spiro atoms. The largest absolute Gasteiger partial charge is 0.496 e. The number of carbonyl (C=O) groups is 1. The van der Waals surface area contributed by atoms with Crippen molar-refractivity contribution in [3.63, 3.8) is 0 Å². The van der Waals surface area contributed by atoms with Gasteiger partial charge >= 0.3 is 5.97 Å². The minimum Gasteiger partial charge on any atom is -0.496 e. The highest BCUT2D eigenvalue weighted by molar-refractivity contribution is 5.73. The first-order chi connectivity index (χ1) is 14.1. The van der Waals surface area contributed by atoms with Crippen LogP contribution in [0.15, 0.2) is 48.7 Å². The molecule has 0 saturated carbocycles. The maximum absolute atomic E-state index is 14.3. The number of ether oxygens (including phenoxy) is 3. The molecule has 0 amide bonds. The summed E-state index contributed by atoms with van der Waals surface area (Å²) >= 11 is 0. The Morgan fingerprint density at radius 3 is 2.55 bits per heavy atom. The van der Waals surface area contributed by atoms with Crippen molar-refractivity contribution in [2.45, 2.75) is 19.8 Å². The summed E-state index contributed by atoms with van der Waals surface area (Å²) in [4.78, 5) is 11.8. The van der Waals surface area contributed by atoms with E-state index in [1.165, 1.54) is 10.7 Å². The van der Waals surface area contributed by atoms with Gasteiger partial charge in [-0.3, -0.25) is 4.79 Å². The summed E-state index contributed by atoms with van der Waals surface area (Å²) in [7, 11) is 3.12. The maximum atomic E-state index is 14.3. The molecule has 0 aliphatic heterocycles. The smallest absolute Gasteiger partial charge is 0.306 e. The minimum atomic E-state index is -0.382. The predicted octanol–water partition coefficient (Wildman–Crippen LogP) is 4.19. The predicted molar refractivity (Wildman–Crippen MR) is 107 cm³/mol. The normalized spacial score (nSPS) is 10.6. The standard InChI is InChI=1S/C22H23FN2O4/c1-4-29-22(26)10-9-15-13-16(21(28-3)14-20(15)27-2)18-11-12-24-25(18)19-8-6-5-7-17(19)23/h5-8,11-14H,4,9-10H2,1-3H3. The summed E-state index contributed by atoms with van der Waals surface area (Å²) in [5, 5.41) is 4.29. The van der Waals surface area contributed by atoms with Gasteiger partial charge in [-0.05, 0) is 43.2 Å². The molecule has 0 N–H and O–H groups in total. The number of aryl methyl sites for hydroxylation is 1. The number of hydrogen-bond donors (Lipinski definition) is 0. The molecule has 0 unspecified atom stereocenters. The zero-order chi connectivity index (χ0) is 20.8. The number of nitrogens with zero attached hydrogens (tertiary/aromatic N) is 2. The van der Waals surface area contributed by atoms with Crippen LogP contribution in [0, 0.1) is 5.82 Å². The third-order valence-electron chi connectivity index (χ3n) is 4.51. The van der Waals surface area contributed by atoms with E-state index in [9.17, 15) is 9.18 Å². The third-order valence-corrected chi connectivity index (χ3v) is 4.51. The van der Waals surface area contributed by atoms with Gasteiger partial charge in [0, 0.05) is 18.1 Å². The number of hydrogen-bond acceptors (Lipinski definition) is 5. The molecular formula is C22H23FN2O4. The molecule has 1 heterocycles. The van der Waals surface area contributed by atoms with Crippen molar-refractivity contribution >= 4 is 5.97 Å². The number of rotatable bonds is 8. The fraction of sp³-hybridized carbons (Fsp3) is 0.273. The summed E-state index contributed by atoms with van der Waals surface area (Å²) in [6.45, 7) is 2.11. The minimum absolute atomic E-state index is 0.225. The van der Waals surface area contributed by atoms with Crippen LogP contribution in [-0.2, 0) is 16.0 Å². The van der Waals surface area contributed by atoms with Crippen LogP contribution in [0.3, 0.4) is 0 Å². The average Bonchev–Trinajstić information content (AvgIpc) is 3.21. The number of aromatic nitrogens is 2. The molecule has 152 valence electrons. The number of carbonyl (C=O) groups excluding carboxylic acids is 1. The topological polar surface area (TPSA) is 62.6 Å². The van der Waals surface area contributed by atoms with Crippen LogP contribution >= 0.6 is 0 Å². The quantitative estimate of drug-likeness (QED) is 0.533. The van der Waals surface area contributed by atoms with Gasteiger partial charge in [0.15, 0.2) is 0 Å². The molecule has 0 saturated heterocycles. The van der Waals surface area contributed by atoms with Crippen LogP contribution in [-0.4, -0.2) is 36.6 Å². The SMILES string of the molecule is CCOC(=O)CCc1cc(-c2ccnn2-c2ccccc2F)c(OC)cc1OC. The highest BCUT2D eigenvalue weighted by atomic mass is 19.1. The van der Waals surface area contributed by atoms with Gasteiger partial charge in [0.25, 0.3) is 0 Å². The number of para-hydroxylation sites is 1. The first-order valence-corrected chi connectivity index (χ1v) is 9.28. The molecule has 0 fully saturated rings. The zero-order valence-corrected chi connectivity index (χ0v) is 16.6. The molecule has 2 aromatic carbocycles. The van der Waals surface area contributed by atoms with Crippen LogP contribution in [0.25, 0.3) is 16.9 Å². The number of esters is 1. The average molecular weight is 398 g/mol. The van der Waals surface area contributed by atoms with Gasteiger partial charge < -0.3 is 14.2 Å². The molecular weight excluding hydrogens is 375 g/mol. The van der Waals surface area contributed by atoms with Crippen molar-refractivity contribution < 1.29 is 23.4 Å². The Balaban J connectivity index is 2.06. The Labute approximate surface area is 168 Å². The first-order valence-electron chi connectivity index (χ1n) is 9.28. The molecule has 0 aliphatic rings. The second-order valence-corrected chi connectivity index (χ2v) is 6.25. The third kappa shape index (κ3) is 4.39. The van der Waals surface area contributed by atoms with Crippen LogP contribution < -0.4 is 9.47 Å². The van der Waals surface area contributed by atoms with E-state index in [1.807, 2.05) is 6.07 Å². The Morgan fingerprint density at radius 2 is 1.86 bits per heavy atom. The van der Waals surface area contributed by atoms with Crippen LogP contribution in [0.1, 0.15) is 18.9 Å². The molecule has 0 aliphatic carbocycles. The zero-order valence-electron chi connectivity index (χ0n) is 16.6. The van der Waals surface area contributed by atoms with Gasteiger partial charge in [-0.2, -0.15) is 5.10 Å². The molecule has 6 nitrogen and oxygen atoms in total. The van der Waals surface area contributed by atoms with Crippen molar-refractivity contribution in [3.05, 3.63) is 60.0 Å². The first kappa shape index (κ1) is 20.4. The maximum Gasteiger partial charge on any atom is 0.306 e. The molecule has 0 atom stereocenters. The van der Waals surface area contributed by atoms with E-state index in [1.54, 1.807) is 57.7 Å². The van der Waals surface area contributed by atoms with E-state index in [0.29, 0.717) is 41.5 Å². The summed E-state index contributed by atoms with van der Waals surface area (Å²) in [5.41, 5.74) is 2.52. The number of benzene rings is 2. The molecule has 3 rings (SSSR count). The monoisotopic (exact) mass is 398 g/mol. The van der Waals surface area contributed by atoms with Gasteiger partial charge in [-0.1, -0.05) is 12.1 Å². The van der Waals surface area contributed by atoms with E-state index >= 15 is 0 Å². The lowest BCUT2D eigenvalue weighted by atomic mass is 10.0. The second-order valence-electron chi connectivity index (χ2n) is 6.25. The number of methoxy groups -OCH3 is 2. The summed E-state index contributed by atoms with van der Waals surface area (Å²) in [5.74, 6) is 0.502. The van der Waals surface area contributed by atoms with E-state index in [-0.39, 0.29) is 18.2 Å². The number of halogens is 1. The fourth-order valence-electron chi connectivity index (χ4n) is 3.15. The molecule has 0 bridgehead atoms.